The number of carbonyl (C=O) groups is 3. The highest BCUT2D eigenvalue weighted by Gasteiger charge is 2.28. The van der Waals surface area contributed by atoms with E-state index in [0.29, 0.717) is 0 Å². The molecule has 0 N–H and O–H groups in total. The van der Waals surface area contributed by atoms with Gasteiger partial charge in [0.05, 0.1) is 5.92 Å². The number of benzene rings is 1. The van der Waals surface area contributed by atoms with Crippen molar-refractivity contribution in [3.05, 3.63) is 48.0 Å². The lowest BCUT2D eigenvalue weighted by Gasteiger charge is -2.28. The van der Waals surface area contributed by atoms with E-state index < -0.39 is 23.8 Å². The molecular weight excluding hydrogens is 358 g/mol. The molecule has 0 aliphatic carbocycles. The molecule has 0 spiro atoms. The molecule has 1 fully saturated rings. The predicted octanol–water partition coefficient (Wildman–Crippen LogP) is 3.08. The van der Waals surface area contributed by atoms with E-state index in [2.05, 4.69) is 4.90 Å². The van der Waals surface area contributed by atoms with Gasteiger partial charge < -0.3 is 14.4 Å². The lowest BCUT2D eigenvalue weighted by atomic mass is 9.86. The first-order chi connectivity index (χ1) is 13.4. The first-order valence-electron chi connectivity index (χ1n) is 9.78. The van der Waals surface area contributed by atoms with Gasteiger partial charge in [0, 0.05) is 25.2 Å². The van der Waals surface area contributed by atoms with Crippen LogP contribution in [0.4, 0.5) is 0 Å². The zero-order valence-corrected chi connectivity index (χ0v) is 16.8. The number of esters is 3. The lowest BCUT2D eigenvalue weighted by Crippen LogP contribution is -2.35. The molecule has 0 saturated carbocycles. The monoisotopic (exact) mass is 387 g/mol. The molecule has 2 unspecified atom stereocenters. The Bertz CT molecular complexity index is 692. The van der Waals surface area contributed by atoms with E-state index in [1.54, 1.807) is 0 Å². The van der Waals surface area contributed by atoms with Crippen molar-refractivity contribution in [1.82, 2.24) is 4.90 Å². The summed E-state index contributed by atoms with van der Waals surface area (Å²) in [6, 6.07) is 9.25. The zero-order chi connectivity index (χ0) is 20.5. The molecule has 0 aromatic heterocycles. The summed E-state index contributed by atoms with van der Waals surface area (Å²) in [7, 11) is 2.02. The number of piperidine rings is 1. The third kappa shape index (κ3) is 6.60. The van der Waals surface area contributed by atoms with Gasteiger partial charge >= 0.3 is 17.9 Å². The van der Waals surface area contributed by atoms with Crippen molar-refractivity contribution in [1.29, 1.82) is 0 Å². The number of rotatable bonds is 7. The van der Waals surface area contributed by atoms with Crippen molar-refractivity contribution in [2.75, 3.05) is 20.1 Å². The van der Waals surface area contributed by atoms with Crippen molar-refractivity contribution >= 4 is 17.9 Å². The van der Waals surface area contributed by atoms with Gasteiger partial charge in [0.15, 0.2) is 0 Å². The molecule has 6 nitrogen and oxygen atoms in total. The highest BCUT2D eigenvalue weighted by atomic mass is 16.6. The van der Waals surface area contributed by atoms with Gasteiger partial charge in [-0.15, -0.1) is 0 Å². The van der Waals surface area contributed by atoms with Crippen LogP contribution in [0.3, 0.4) is 0 Å². The molecule has 2 atom stereocenters. The Hall–Kier alpha value is -2.47. The summed E-state index contributed by atoms with van der Waals surface area (Å²) >= 11 is 0. The van der Waals surface area contributed by atoms with Crippen molar-refractivity contribution in [2.24, 2.45) is 5.92 Å². The van der Waals surface area contributed by atoms with Gasteiger partial charge in [-0.3, -0.25) is 4.79 Å². The van der Waals surface area contributed by atoms with E-state index in [1.165, 1.54) is 0 Å². The molecule has 0 amide bonds. The van der Waals surface area contributed by atoms with Gasteiger partial charge in [-0.2, -0.15) is 0 Å². The third-order valence-corrected chi connectivity index (χ3v) is 5.13. The van der Waals surface area contributed by atoms with Crippen LogP contribution in [0.1, 0.15) is 44.6 Å². The third-order valence-electron chi connectivity index (χ3n) is 5.13. The second-order valence-electron chi connectivity index (χ2n) is 7.29. The van der Waals surface area contributed by atoms with E-state index in [0.717, 1.165) is 50.1 Å². The Balaban J connectivity index is 1.90. The van der Waals surface area contributed by atoms with Crippen LogP contribution in [0.5, 0.6) is 0 Å². The van der Waals surface area contributed by atoms with Gasteiger partial charge in [-0.25, -0.2) is 9.59 Å². The number of carbonyl (C=O) groups excluding carboxylic acids is 3. The molecule has 0 bridgehead atoms. The number of hydrogen-bond donors (Lipinski definition) is 0. The molecule has 1 saturated heterocycles. The second-order valence-corrected chi connectivity index (χ2v) is 7.29. The molecule has 0 radical (unpaired) electrons. The zero-order valence-electron chi connectivity index (χ0n) is 16.8. The summed E-state index contributed by atoms with van der Waals surface area (Å²) in [5, 5.41) is 0. The molecule has 1 heterocycles. The number of nitrogens with zero attached hydrogens (tertiary/aromatic N) is 1. The fraction of sp³-hybridized carbons (Fsp3) is 0.500. The van der Waals surface area contributed by atoms with Gasteiger partial charge in [0.2, 0.25) is 0 Å². The molecule has 1 aliphatic heterocycles. The molecule has 1 aromatic carbocycles. The smallest absolute Gasteiger partial charge is 0.338 e. The van der Waals surface area contributed by atoms with Crippen LogP contribution in [0.2, 0.25) is 0 Å². The average molecular weight is 387 g/mol. The van der Waals surface area contributed by atoms with Gasteiger partial charge in [-0.05, 0) is 31.4 Å². The first-order valence-corrected chi connectivity index (χ1v) is 9.78. The quantitative estimate of drug-likeness (QED) is 0.407. The fourth-order valence-electron chi connectivity index (χ4n) is 3.23. The van der Waals surface area contributed by atoms with E-state index in [9.17, 15) is 14.4 Å². The van der Waals surface area contributed by atoms with Crippen LogP contribution in [-0.2, 0) is 23.9 Å². The number of hydrogen-bond acceptors (Lipinski definition) is 6. The molecule has 1 aliphatic rings. The molecular formula is C22H29NO5. The molecule has 1 aromatic rings. The average Bonchev–Trinajstić information content (AvgIpc) is 2.69. The fourth-order valence-corrected chi connectivity index (χ4v) is 3.23. The summed E-state index contributed by atoms with van der Waals surface area (Å²) in [4.78, 5) is 38.6. The van der Waals surface area contributed by atoms with Gasteiger partial charge in [0.1, 0.15) is 6.10 Å². The Morgan fingerprint density at radius 3 is 2.32 bits per heavy atom. The standard InChI is InChI=1S/C22H29NO5/c1-4-16(2)21(17-8-6-5-7-9-17)22(26)28-20(25)11-10-19(24)27-18-12-14-23(3)15-13-18/h5-11,16,18,21H,4,12-15H2,1-3H3/b11-10+. The van der Waals surface area contributed by atoms with Crippen LogP contribution >= 0.6 is 0 Å². The minimum absolute atomic E-state index is 0.0149. The van der Waals surface area contributed by atoms with Crippen LogP contribution in [0.25, 0.3) is 0 Å². The van der Waals surface area contributed by atoms with Gasteiger partial charge in [0.25, 0.3) is 0 Å². The van der Waals surface area contributed by atoms with Crippen LogP contribution in [0.15, 0.2) is 42.5 Å². The van der Waals surface area contributed by atoms with Crippen molar-refractivity contribution in [3.8, 4) is 0 Å². The molecule has 2 rings (SSSR count). The minimum Gasteiger partial charge on any atom is -0.459 e. The summed E-state index contributed by atoms with van der Waals surface area (Å²) in [5.74, 6) is -2.59. The summed E-state index contributed by atoms with van der Waals surface area (Å²) in [6.07, 6.45) is 4.14. The number of ether oxygens (including phenoxy) is 2. The second kappa shape index (κ2) is 10.8. The van der Waals surface area contributed by atoms with Gasteiger partial charge in [-0.1, -0.05) is 50.6 Å². The van der Waals surface area contributed by atoms with Crippen molar-refractivity contribution in [2.45, 2.75) is 45.1 Å². The lowest BCUT2D eigenvalue weighted by molar-refractivity contribution is -0.158. The van der Waals surface area contributed by atoms with Crippen molar-refractivity contribution < 1.29 is 23.9 Å². The summed E-state index contributed by atoms with van der Waals surface area (Å²) in [5.41, 5.74) is 0.806. The maximum absolute atomic E-state index is 12.5. The molecule has 152 valence electrons. The Kier molecular flexibility index (Phi) is 8.39. The van der Waals surface area contributed by atoms with Crippen LogP contribution in [0, 0.1) is 5.92 Å². The largest absolute Gasteiger partial charge is 0.459 e. The Morgan fingerprint density at radius 1 is 1.11 bits per heavy atom. The van der Waals surface area contributed by atoms with Crippen LogP contribution in [-0.4, -0.2) is 49.0 Å². The van der Waals surface area contributed by atoms with Crippen LogP contribution < -0.4 is 0 Å². The van der Waals surface area contributed by atoms with E-state index in [-0.39, 0.29) is 12.0 Å². The molecule has 28 heavy (non-hydrogen) atoms. The maximum atomic E-state index is 12.5. The molecule has 6 heteroatoms. The predicted molar refractivity (Wildman–Crippen MR) is 105 cm³/mol. The summed E-state index contributed by atoms with van der Waals surface area (Å²) < 4.78 is 10.3. The minimum atomic E-state index is -0.866. The van der Waals surface area contributed by atoms with E-state index in [4.69, 9.17) is 9.47 Å². The Morgan fingerprint density at radius 2 is 1.71 bits per heavy atom. The van der Waals surface area contributed by atoms with E-state index in [1.807, 2.05) is 51.2 Å². The van der Waals surface area contributed by atoms with E-state index >= 15 is 0 Å². The first kappa shape index (κ1) is 21.8. The SMILES string of the molecule is CCC(C)C(C(=O)OC(=O)/C=C/C(=O)OC1CCN(C)CC1)c1ccccc1. The topological polar surface area (TPSA) is 72.9 Å². The normalized spacial score (nSPS) is 17.8. The summed E-state index contributed by atoms with van der Waals surface area (Å²) in [6.45, 7) is 5.66. The Labute approximate surface area is 166 Å². The highest BCUT2D eigenvalue weighted by molar-refractivity contribution is 5.98. The number of likely N-dealkylation sites (tertiary alicyclic amines) is 1. The van der Waals surface area contributed by atoms with Crippen molar-refractivity contribution in [3.63, 3.8) is 0 Å². The maximum Gasteiger partial charge on any atom is 0.338 e. The highest BCUT2D eigenvalue weighted by Crippen LogP contribution is 2.28.